The van der Waals surface area contributed by atoms with E-state index in [1.807, 2.05) is 0 Å². The zero-order chi connectivity index (χ0) is 7.78. The minimum absolute atomic E-state index is 0.00694. The molecule has 1 aromatic rings. The molecule has 0 amide bonds. The van der Waals surface area contributed by atoms with Gasteiger partial charge >= 0.3 is 0 Å². The van der Waals surface area contributed by atoms with Crippen LogP contribution >= 0.6 is 0 Å². The summed E-state index contributed by atoms with van der Waals surface area (Å²) in [7, 11) is 0. The van der Waals surface area contributed by atoms with E-state index in [4.69, 9.17) is 5.73 Å². The number of halogens is 2. The number of rotatable bonds is 1. The van der Waals surface area contributed by atoms with Crippen molar-refractivity contribution >= 4 is 5.69 Å². The molecule has 0 saturated carbocycles. The van der Waals surface area contributed by atoms with E-state index in [9.17, 15) is 8.78 Å². The van der Waals surface area contributed by atoms with Crippen molar-refractivity contribution in [2.24, 2.45) is 0 Å². The highest BCUT2D eigenvalue weighted by molar-refractivity contribution is 5.42. The van der Waals surface area contributed by atoms with Gasteiger partial charge in [-0.1, -0.05) is 0 Å². The van der Waals surface area contributed by atoms with Crippen LogP contribution in [0.25, 0.3) is 0 Å². The van der Waals surface area contributed by atoms with Crippen LogP contribution in [-0.4, -0.2) is 10.2 Å². The van der Waals surface area contributed by atoms with Crippen molar-refractivity contribution in [1.29, 1.82) is 0 Å². The minimum atomic E-state index is -2.93. The second kappa shape index (κ2) is 1.93. The minimum Gasteiger partial charge on any atom is -0.396 e. The quantitative estimate of drug-likeness (QED) is 0.625. The number of anilines is 1. The van der Waals surface area contributed by atoms with Crippen molar-refractivity contribution in [1.82, 2.24) is 10.2 Å². The third-order valence-corrected chi connectivity index (χ3v) is 1.11. The number of nitrogens with zero attached hydrogens (tertiary/aromatic N) is 1. The molecule has 0 bridgehead atoms. The van der Waals surface area contributed by atoms with Crippen molar-refractivity contribution in [3.63, 3.8) is 0 Å². The van der Waals surface area contributed by atoms with Crippen LogP contribution in [0.15, 0.2) is 6.20 Å². The largest absolute Gasteiger partial charge is 0.396 e. The molecule has 0 aromatic carbocycles. The van der Waals surface area contributed by atoms with Crippen molar-refractivity contribution in [3.05, 3.63) is 11.9 Å². The van der Waals surface area contributed by atoms with Crippen LogP contribution in [0.2, 0.25) is 0 Å². The zero-order valence-corrected chi connectivity index (χ0v) is 5.36. The van der Waals surface area contributed by atoms with Crippen molar-refractivity contribution in [2.45, 2.75) is 12.8 Å². The highest BCUT2D eigenvalue weighted by atomic mass is 19.3. The SMILES string of the molecule is CC(F)(F)c1[nH]ncc1N. The summed E-state index contributed by atoms with van der Waals surface area (Å²) in [5, 5.41) is 5.48. The Labute approximate surface area is 56.2 Å². The van der Waals surface area contributed by atoms with Gasteiger partial charge in [0.2, 0.25) is 0 Å². The first kappa shape index (κ1) is 6.98. The molecule has 0 unspecified atom stereocenters. The van der Waals surface area contributed by atoms with Gasteiger partial charge in [-0.25, -0.2) is 0 Å². The Balaban J connectivity index is 3.05. The van der Waals surface area contributed by atoms with Gasteiger partial charge in [-0.2, -0.15) is 13.9 Å². The van der Waals surface area contributed by atoms with Gasteiger partial charge < -0.3 is 5.73 Å². The molecule has 10 heavy (non-hydrogen) atoms. The Morgan fingerprint density at radius 2 is 2.30 bits per heavy atom. The topological polar surface area (TPSA) is 54.7 Å². The third-order valence-electron chi connectivity index (χ3n) is 1.11. The molecule has 5 heteroatoms. The molecule has 0 radical (unpaired) electrons. The molecular weight excluding hydrogens is 140 g/mol. The molecule has 3 N–H and O–H groups in total. The summed E-state index contributed by atoms with van der Waals surface area (Å²) in [6, 6.07) is 0. The summed E-state index contributed by atoms with van der Waals surface area (Å²) in [6.07, 6.45) is 1.16. The normalized spacial score (nSPS) is 11.9. The number of aromatic nitrogens is 2. The average Bonchev–Trinajstić information content (AvgIpc) is 2.11. The number of nitrogens with one attached hydrogen (secondary N) is 1. The predicted octanol–water partition coefficient (Wildman–Crippen LogP) is 1.10. The number of nitrogens with two attached hydrogens (primary N) is 1. The standard InChI is InChI=1S/C5H7F2N3/c1-5(6,7)4-3(8)2-9-10-4/h2H,8H2,1H3,(H,9,10). The first-order chi connectivity index (χ1) is 4.52. The summed E-state index contributed by atoms with van der Waals surface area (Å²) < 4.78 is 24.8. The molecule has 0 aliphatic heterocycles. The second-order valence-electron chi connectivity index (χ2n) is 2.09. The number of nitrogen functional groups attached to an aromatic ring is 1. The first-order valence-corrected chi connectivity index (χ1v) is 2.69. The second-order valence-corrected chi connectivity index (χ2v) is 2.09. The number of H-pyrrole nitrogens is 1. The van der Waals surface area contributed by atoms with Crippen LogP contribution in [0.3, 0.4) is 0 Å². The molecule has 3 nitrogen and oxygen atoms in total. The summed E-state index contributed by atoms with van der Waals surface area (Å²) in [4.78, 5) is 0. The Bertz CT molecular complexity index is 225. The van der Waals surface area contributed by atoms with Crippen molar-refractivity contribution < 1.29 is 8.78 Å². The van der Waals surface area contributed by atoms with Crippen molar-refractivity contribution in [2.75, 3.05) is 5.73 Å². The van der Waals surface area contributed by atoms with Gasteiger partial charge in [0.15, 0.2) is 0 Å². The fraction of sp³-hybridized carbons (Fsp3) is 0.400. The number of alkyl halides is 2. The zero-order valence-electron chi connectivity index (χ0n) is 5.36. The lowest BCUT2D eigenvalue weighted by Crippen LogP contribution is -2.10. The van der Waals surface area contributed by atoms with Gasteiger partial charge in [-0.15, -0.1) is 0 Å². The Morgan fingerprint density at radius 3 is 2.50 bits per heavy atom. The van der Waals surface area contributed by atoms with E-state index in [0.717, 1.165) is 13.1 Å². The summed E-state index contributed by atoms with van der Waals surface area (Å²) in [5.41, 5.74) is 4.82. The summed E-state index contributed by atoms with van der Waals surface area (Å²) in [6.45, 7) is 0.761. The van der Waals surface area contributed by atoms with Crippen LogP contribution < -0.4 is 5.73 Å². The predicted molar refractivity (Wildman–Crippen MR) is 32.6 cm³/mol. The van der Waals surface area contributed by atoms with E-state index in [1.165, 1.54) is 0 Å². The molecule has 1 rings (SSSR count). The molecule has 0 spiro atoms. The van der Waals surface area contributed by atoms with E-state index in [2.05, 4.69) is 10.2 Å². The third kappa shape index (κ3) is 1.07. The molecule has 56 valence electrons. The molecule has 0 aliphatic rings. The maximum atomic E-state index is 12.4. The molecule has 1 heterocycles. The van der Waals surface area contributed by atoms with Crippen molar-refractivity contribution in [3.8, 4) is 0 Å². The van der Waals surface area contributed by atoms with Crippen LogP contribution in [0.5, 0.6) is 0 Å². The van der Waals surface area contributed by atoms with Crippen LogP contribution in [0, 0.1) is 0 Å². The van der Waals surface area contributed by atoms with E-state index < -0.39 is 5.92 Å². The smallest absolute Gasteiger partial charge is 0.288 e. The van der Waals surface area contributed by atoms with Gasteiger partial charge in [0, 0.05) is 6.92 Å². The lowest BCUT2D eigenvalue weighted by molar-refractivity contribution is 0.0135. The monoisotopic (exact) mass is 147 g/mol. The Hall–Kier alpha value is -1.13. The number of hydrogen-bond donors (Lipinski definition) is 2. The lowest BCUT2D eigenvalue weighted by Gasteiger charge is -2.06. The Kier molecular flexibility index (Phi) is 1.35. The molecular formula is C5H7F2N3. The van der Waals surface area contributed by atoms with Gasteiger partial charge in [0.05, 0.1) is 11.9 Å². The number of hydrogen-bond acceptors (Lipinski definition) is 2. The van der Waals surface area contributed by atoms with E-state index in [0.29, 0.717) is 0 Å². The molecule has 0 saturated heterocycles. The van der Waals surface area contributed by atoms with Crippen LogP contribution in [0.4, 0.5) is 14.5 Å². The maximum Gasteiger partial charge on any atom is 0.288 e. The Morgan fingerprint density at radius 1 is 1.70 bits per heavy atom. The fourth-order valence-corrected chi connectivity index (χ4v) is 0.647. The molecule has 0 atom stereocenters. The summed E-state index contributed by atoms with van der Waals surface area (Å²) in [5.74, 6) is -2.93. The molecule has 1 aromatic heterocycles. The van der Waals surface area contributed by atoms with Crippen LogP contribution in [0.1, 0.15) is 12.6 Å². The molecule has 0 aliphatic carbocycles. The van der Waals surface area contributed by atoms with Gasteiger partial charge in [0.1, 0.15) is 5.69 Å². The van der Waals surface area contributed by atoms with Gasteiger partial charge in [-0.05, 0) is 0 Å². The highest BCUT2D eigenvalue weighted by Gasteiger charge is 2.28. The summed E-state index contributed by atoms with van der Waals surface area (Å²) >= 11 is 0. The lowest BCUT2D eigenvalue weighted by atomic mass is 10.2. The van der Waals surface area contributed by atoms with E-state index in [1.54, 1.807) is 0 Å². The fourth-order valence-electron chi connectivity index (χ4n) is 0.647. The first-order valence-electron chi connectivity index (χ1n) is 2.69. The maximum absolute atomic E-state index is 12.4. The van der Waals surface area contributed by atoms with Gasteiger partial charge in [0.25, 0.3) is 5.92 Å². The highest BCUT2D eigenvalue weighted by Crippen LogP contribution is 2.28. The van der Waals surface area contributed by atoms with Gasteiger partial charge in [-0.3, -0.25) is 5.10 Å². The van der Waals surface area contributed by atoms with E-state index >= 15 is 0 Å². The van der Waals surface area contributed by atoms with Crippen LogP contribution in [-0.2, 0) is 5.92 Å². The average molecular weight is 147 g/mol. The van der Waals surface area contributed by atoms with E-state index in [-0.39, 0.29) is 11.4 Å². The molecule has 0 fully saturated rings. The number of aromatic amines is 1.